The van der Waals surface area contributed by atoms with E-state index in [1.807, 2.05) is 91.0 Å². The number of fused-ring (bicyclic) bond motifs is 6. The fraction of sp³-hybridized carbons (Fsp3) is 0. The van der Waals surface area contributed by atoms with Gasteiger partial charge in [-0.1, -0.05) is 127 Å². The zero-order chi connectivity index (χ0) is 33.0. The summed E-state index contributed by atoms with van der Waals surface area (Å²) in [6, 6.07) is 55.7. The normalized spacial score (nSPS) is 11.6. The molecule has 0 spiro atoms. The first-order chi connectivity index (χ1) is 24.7. The molecule has 5 heteroatoms. The Balaban J connectivity index is 1.07. The van der Waals surface area contributed by atoms with E-state index in [2.05, 4.69) is 72.8 Å². The molecule has 0 amide bonds. The predicted octanol–water partition coefficient (Wildman–Crippen LogP) is 12.0. The van der Waals surface area contributed by atoms with Crippen LogP contribution in [0, 0.1) is 0 Å². The zero-order valence-electron chi connectivity index (χ0n) is 26.7. The number of rotatable bonds is 5. The van der Waals surface area contributed by atoms with Crippen molar-refractivity contribution in [1.29, 1.82) is 0 Å². The Kier molecular flexibility index (Phi) is 6.42. The van der Waals surface area contributed by atoms with Crippen molar-refractivity contribution in [2.75, 3.05) is 0 Å². The molecule has 5 nitrogen and oxygen atoms in total. The smallest absolute Gasteiger partial charge is 0.164 e. The van der Waals surface area contributed by atoms with Crippen molar-refractivity contribution in [3.8, 4) is 56.4 Å². The maximum atomic E-state index is 6.67. The monoisotopic (exact) mass is 641 g/mol. The molecule has 0 fully saturated rings. The first kappa shape index (κ1) is 28.2. The minimum atomic E-state index is 0.613. The van der Waals surface area contributed by atoms with Crippen molar-refractivity contribution < 1.29 is 8.83 Å². The van der Waals surface area contributed by atoms with Crippen LogP contribution in [0.5, 0.6) is 0 Å². The van der Waals surface area contributed by atoms with Crippen LogP contribution in [0.15, 0.2) is 173 Å². The van der Waals surface area contributed by atoms with Crippen LogP contribution in [-0.4, -0.2) is 15.0 Å². The average Bonchev–Trinajstić information content (AvgIpc) is 3.76. The SMILES string of the molecule is c1ccc(-c2nc(-c3ccccc3)nc(-c3cccc(-c4cccc5c4oc4cc(-c6ccc7c(c6)oc6ccccc67)ccc45)c3)n2)cc1. The molecule has 0 unspecified atom stereocenters. The first-order valence-electron chi connectivity index (χ1n) is 16.6. The molecule has 0 radical (unpaired) electrons. The van der Waals surface area contributed by atoms with Gasteiger partial charge in [0.15, 0.2) is 17.5 Å². The van der Waals surface area contributed by atoms with Crippen LogP contribution < -0.4 is 0 Å². The Morgan fingerprint density at radius 3 is 1.50 bits per heavy atom. The molecule has 10 aromatic rings. The molecule has 0 N–H and O–H groups in total. The second-order valence-electron chi connectivity index (χ2n) is 12.4. The van der Waals surface area contributed by atoms with Crippen LogP contribution >= 0.6 is 0 Å². The lowest BCUT2D eigenvalue weighted by atomic mass is 9.99. The Labute approximate surface area is 287 Å². The third-order valence-corrected chi connectivity index (χ3v) is 9.34. The van der Waals surface area contributed by atoms with Gasteiger partial charge in [-0.2, -0.15) is 0 Å². The van der Waals surface area contributed by atoms with Crippen LogP contribution in [0.2, 0.25) is 0 Å². The highest BCUT2D eigenvalue weighted by molar-refractivity contribution is 6.11. The van der Waals surface area contributed by atoms with Gasteiger partial charge in [0.05, 0.1) is 0 Å². The molecule has 0 saturated heterocycles. The van der Waals surface area contributed by atoms with Gasteiger partial charge < -0.3 is 8.83 Å². The Morgan fingerprint density at radius 1 is 0.300 bits per heavy atom. The fourth-order valence-corrected chi connectivity index (χ4v) is 6.87. The summed E-state index contributed by atoms with van der Waals surface area (Å²) in [5, 5.41) is 4.39. The number of furan rings is 2. The van der Waals surface area contributed by atoms with Crippen molar-refractivity contribution in [2.45, 2.75) is 0 Å². The highest BCUT2D eigenvalue weighted by Crippen LogP contribution is 2.39. The lowest BCUT2D eigenvalue weighted by Crippen LogP contribution is -2.00. The summed E-state index contributed by atoms with van der Waals surface area (Å²) in [7, 11) is 0. The largest absolute Gasteiger partial charge is 0.456 e. The van der Waals surface area contributed by atoms with E-state index in [0.29, 0.717) is 17.5 Å². The molecule has 0 aliphatic carbocycles. The standard InChI is InChI=1S/C45H27N3O2/c1-3-11-28(12-4-1)43-46-44(29-13-5-2-6-14-29)48-45(47-43)33-16-9-15-32(25-33)34-18-10-19-38-37-24-22-31(27-41(37)50-42(34)38)30-21-23-36-35-17-7-8-20-39(35)49-40(36)26-30/h1-27H. The van der Waals surface area contributed by atoms with E-state index in [0.717, 1.165) is 82.8 Å². The number of benzene rings is 7. The van der Waals surface area contributed by atoms with Crippen LogP contribution in [0.3, 0.4) is 0 Å². The lowest BCUT2D eigenvalue weighted by Gasteiger charge is -2.10. The summed E-state index contributed by atoms with van der Waals surface area (Å²) in [4.78, 5) is 14.8. The van der Waals surface area contributed by atoms with Gasteiger partial charge in [0.25, 0.3) is 0 Å². The van der Waals surface area contributed by atoms with E-state index in [1.54, 1.807) is 0 Å². The third kappa shape index (κ3) is 4.75. The topological polar surface area (TPSA) is 65.0 Å². The van der Waals surface area contributed by atoms with E-state index >= 15 is 0 Å². The molecule has 0 bridgehead atoms. The van der Waals surface area contributed by atoms with E-state index in [4.69, 9.17) is 23.8 Å². The molecular formula is C45H27N3O2. The molecule has 3 aromatic heterocycles. The van der Waals surface area contributed by atoms with Crippen LogP contribution in [0.1, 0.15) is 0 Å². The van der Waals surface area contributed by atoms with Crippen molar-refractivity contribution in [3.63, 3.8) is 0 Å². The van der Waals surface area contributed by atoms with E-state index in [1.165, 1.54) is 0 Å². The highest BCUT2D eigenvalue weighted by atomic mass is 16.3. The Bertz CT molecular complexity index is 2810. The van der Waals surface area contributed by atoms with Crippen LogP contribution in [-0.2, 0) is 0 Å². The zero-order valence-corrected chi connectivity index (χ0v) is 26.7. The Morgan fingerprint density at radius 2 is 0.800 bits per heavy atom. The van der Waals surface area contributed by atoms with Gasteiger partial charge in [-0.3, -0.25) is 0 Å². The molecule has 0 atom stereocenters. The van der Waals surface area contributed by atoms with Gasteiger partial charge >= 0.3 is 0 Å². The molecule has 234 valence electrons. The van der Waals surface area contributed by atoms with Crippen molar-refractivity contribution in [2.24, 2.45) is 0 Å². The van der Waals surface area contributed by atoms with Gasteiger partial charge in [-0.15, -0.1) is 0 Å². The van der Waals surface area contributed by atoms with Gasteiger partial charge in [-0.05, 0) is 53.1 Å². The number of nitrogens with zero attached hydrogens (tertiary/aromatic N) is 3. The maximum absolute atomic E-state index is 6.67. The molecule has 7 aromatic carbocycles. The van der Waals surface area contributed by atoms with E-state index in [9.17, 15) is 0 Å². The summed E-state index contributed by atoms with van der Waals surface area (Å²) in [6.45, 7) is 0. The van der Waals surface area contributed by atoms with E-state index < -0.39 is 0 Å². The van der Waals surface area contributed by atoms with Crippen molar-refractivity contribution in [3.05, 3.63) is 164 Å². The summed E-state index contributed by atoms with van der Waals surface area (Å²) in [5.74, 6) is 1.88. The summed E-state index contributed by atoms with van der Waals surface area (Å²) < 4.78 is 12.8. The van der Waals surface area contributed by atoms with Crippen LogP contribution in [0.4, 0.5) is 0 Å². The predicted molar refractivity (Wildman–Crippen MR) is 202 cm³/mol. The fourth-order valence-electron chi connectivity index (χ4n) is 6.87. The lowest BCUT2D eigenvalue weighted by molar-refractivity contribution is 0.668. The molecule has 0 saturated carbocycles. The minimum Gasteiger partial charge on any atom is -0.456 e. The minimum absolute atomic E-state index is 0.613. The van der Waals surface area contributed by atoms with Gasteiger partial charge in [-0.25, -0.2) is 15.0 Å². The molecule has 0 aliphatic heterocycles. The summed E-state index contributed by atoms with van der Waals surface area (Å²) in [5.41, 5.74) is 10.4. The molecule has 10 rings (SSSR count). The van der Waals surface area contributed by atoms with Crippen LogP contribution in [0.25, 0.3) is 100 Å². The molecule has 0 aliphatic rings. The summed E-state index contributed by atoms with van der Waals surface area (Å²) in [6.07, 6.45) is 0. The van der Waals surface area contributed by atoms with Gasteiger partial charge in [0.1, 0.15) is 22.3 Å². The second kappa shape index (κ2) is 11.4. The molecule has 50 heavy (non-hydrogen) atoms. The number of aromatic nitrogens is 3. The molecular weight excluding hydrogens is 615 g/mol. The third-order valence-electron chi connectivity index (χ3n) is 9.34. The second-order valence-corrected chi connectivity index (χ2v) is 12.4. The highest BCUT2D eigenvalue weighted by Gasteiger charge is 2.17. The van der Waals surface area contributed by atoms with Crippen molar-refractivity contribution in [1.82, 2.24) is 15.0 Å². The van der Waals surface area contributed by atoms with Crippen molar-refractivity contribution >= 4 is 43.9 Å². The number of hydrogen-bond acceptors (Lipinski definition) is 5. The molecule has 3 heterocycles. The van der Waals surface area contributed by atoms with Gasteiger partial charge in [0, 0.05) is 43.8 Å². The average molecular weight is 642 g/mol. The van der Waals surface area contributed by atoms with E-state index in [-0.39, 0.29) is 0 Å². The Hall–Kier alpha value is -6.85. The maximum Gasteiger partial charge on any atom is 0.164 e. The quantitative estimate of drug-likeness (QED) is 0.187. The number of hydrogen-bond donors (Lipinski definition) is 0. The summed E-state index contributed by atoms with van der Waals surface area (Å²) >= 11 is 0. The van der Waals surface area contributed by atoms with Gasteiger partial charge in [0.2, 0.25) is 0 Å². The number of para-hydroxylation sites is 2. The first-order valence-corrected chi connectivity index (χ1v) is 16.6.